The molecule has 0 aliphatic heterocycles. The summed E-state index contributed by atoms with van der Waals surface area (Å²) >= 11 is -0.483. The minimum absolute atomic E-state index is 0.209. The zero-order valence-electron chi connectivity index (χ0n) is 10.2. The van der Waals surface area contributed by atoms with Gasteiger partial charge in [-0.3, -0.25) is 0 Å². The van der Waals surface area contributed by atoms with E-state index in [0.717, 1.165) is 4.46 Å². The van der Waals surface area contributed by atoms with E-state index in [1.165, 1.54) is 0 Å². The molecule has 0 saturated heterocycles. The van der Waals surface area contributed by atoms with Crippen molar-refractivity contribution in [3.63, 3.8) is 0 Å². The summed E-state index contributed by atoms with van der Waals surface area (Å²) in [6.07, 6.45) is -0.209. The molecular formula is C12H15N3O3Se. The van der Waals surface area contributed by atoms with Crippen LogP contribution in [0.4, 0.5) is 0 Å². The molecule has 5 N–H and O–H groups in total. The van der Waals surface area contributed by atoms with Crippen LogP contribution in [0.5, 0.6) is 0 Å². The van der Waals surface area contributed by atoms with Gasteiger partial charge in [-0.05, 0) is 0 Å². The van der Waals surface area contributed by atoms with Crippen LogP contribution in [0, 0.1) is 0 Å². The predicted molar refractivity (Wildman–Crippen MR) is 71.6 cm³/mol. The molecule has 0 aliphatic rings. The van der Waals surface area contributed by atoms with Crippen LogP contribution in [0.15, 0.2) is 30.3 Å². The second kappa shape index (κ2) is 7.68. The fraction of sp³-hybridized carbons (Fsp3) is 0.250. The van der Waals surface area contributed by atoms with Crippen LogP contribution >= 0.6 is 0 Å². The van der Waals surface area contributed by atoms with Crippen molar-refractivity contribution < 1.29 is 14.4 Å². The molecule has 0 heterocycles. The molecule has 1 aromatic carbocycles. The van der Waals surface area contributed by atoms with Gasteiger partial charge in [0.25, 0.3) is 0 Å². The number of primary amides is 1. The number of hydrogen-bond acceptors (Lipinski definition) is 4. The van der Waals surface area contributed by atoms with E-state index in [9.17, 15) is 14.4 Å². The van der Waals surface area contributed by atoms with E-state index in [1.54, 1.807) is 0 Å². The number of nitrogens with two attached hydrogens (primary N) is 2. The fourth-order valence-electron chi connectivity index (χ4n) is 1.32. The summed E-state index contributed by atoms with van der Waals surface area (Å²) in [7, 11) is 0. The first kappa shape index (κ1) is 15.4. The van der Waals surface area contributed by atoms with Crippen LogP contribution in [0.25, 0.3) is 0 Å². The molecule has 2 amide bonds. The second-order valence-corrected chi connectivity index (χ2v) is 5.99. The van der Waals surface area contributed by atoms with E-state index in [0.29, 0.717) is 0 Å². The van der Waals surface area contributed by atoms with Gasteiger partial charge in [-0.15, -0.1) is 0 Å². The van der Waals surface area contributed by atoms with Crippen molar-refractivity contribution in [2.75, 3.05) is 6.54 Å². The Labute approximate surface area is 117 Å². The first-order valence-electron chi connectivity index (χ1n) is 5.57. The SMILES string of the molecule is NCC(=O)N[C@@H](CC(N)=O)C(=O)[Se]c1ccccc1. The average molecular weight is 328 g/mol. The molecule has 19 heavy (non-hydrogen) atoms. The maximum absolute atomic E-state index is 12.1. The van der Waals surface area contributed by atoms with E-state index in [4.69, 9.17) is 11.5 Å². The van der Waals surface area contributed by atoms with Crippen LogP contribution in [-0.2, 0) is 14.4 Å². The molecule has 0 saturated carbocycles. The average Bonchev–Trinajstić information content (AvgIpc) is 2.38. The topological polar surface area (TPSA) is 115 Å². The van der Waals surface area contributed by atoms with Crippen LogP contribution < -0.4 is 21.2 Å². The second-order valence-electron chi connectivity index (χ2n) is 3.73. The van der Waals surface area contributed by atoms with Crippen LogP contribution in [-0.4, -0.2) is 44.0 Å². The fourth-order valence-corrected chi connectivity index (χ4v) is 3.02. The Balaban J connectivity index is 2.70. The zero-order chi connectivity index (χ0) is 14.3. The third-order valence-corrected chi connectivity index (χ3v) is 4.26. The van der Waals surface area contributed by atoms with Gasteiger partial charge in [0.2, 0.25) is 0 Å². The number of carbonyl (C=O) groups excluding carboxylic acids is 3. The Bertz CT molecular complexity index is 465. The van der Waals surface area contributed by atoms with Crippen LogP contribution in [0.3, 0.4) is 0 Å². The predicted octanol–water partition coefficient (Wildman–Crippen LogP) is -2.14. The molecule has 0 aliphatic carbocycles. The molecule has 1 atom stereocenters. The van der Waals surface area contributed by atoms with Gasteiger partial charge in [0.1, 0.15) is 0 Å². The third kappa shape index (κ3) is 5.65. The minimum atomic E-state index is -0.895. The Morgan fingerprint density at radius 1 is 1.21 bits per heavy atom. The molecule has 1 rings (SSSR count). The summed E-state index contributed by atoms with van der Waals surface area (Å²) in [5.41, 5.74) is 10.2. The molecule has 6 nitrogen and oxygen atoms in total. The van der Waals surface area contributed by atoms with Crippen molar-refractivity contribution in [1.82, 2.24) is 5.32 Å². The van der Waals surface area contributed by atoms with Gasteiger partial charge in [0.05, 0.1) is 0 Å². The summed E-state index contributed by atoms with van der Waals surface area (Å²) in [5, 5.41) is 2.42. The van der Waals surface area contributed by atoms with Crippen molar-refractivity contribution in [2.24, 2.45) is 11.5 Å². The van der Waals surface area contributed by atoms with Crippen molar-refractivity contribution >= 4 is 35.9 Å². The number of rotatable bonds is 7. The molecule has 0 radical (unpaired) electrons. The molecule has 0 spiro atoms. The van der Waals surface area contributed by atoms with Crippen LogP contribution in [0.2, 0.25) is 0 Å². The Morgan fingerprint density at radius 3 is 2.37 bits per heavy atom. The van der Waals surface area contributed by atoms with Gasteiger partial charge in [-0.2, -0.15) is 0 Å². The number of amides is 2. The molecule has 102 valence electrons. The Hall–Kier alpha value is -1.69. The summed E-state index contributed by atoms with van der Waals surface area (Å²) in [4.78, 5) is 34.2. The van der Waals surface area contributed by atoms with E-state index < -0.39 is 32.8 Å². The van der Waals surface area contributed by atoms with E-state index in [1.807, 2.05) is 30.3 Å². The van der Waals surface area contributed by atoms with E-state index >= 15 is 0 Å². The summed E-state index contributed by atoms with van der Waals surface area (Å²) in [6, 6.07) is 8.25. The first-order chi connectivity index (χ1) is 9.02. The number of benzene rings is 1. The van der Waals surface area contributed by atoms with Crippen molar-refractivity contribution in [3.8, 4) is 0 Å². The van der Waals surface area contributed by atoms with Crippen molar-refractivity contribution in [3.05, 3.63) is 30.3 Å². The summed E-state index contributed by atoms with van der Waals surface area (Å²) in [6.45, 7) is -0.235. The normalized spacial score (nSPS) is 11.6. The van der Waals surface area contributed by atoms with Gasteiger partial charge in [-0.25, -0.2) is 0 Å². The molecule has 0 fully saturated rings. The quantitative estimate of drug-likeness (QED) is 0.496. The number of nitrogens with one attached hydrogen (secondary N) is 1. The van der Waals surface area contributed by atoms with Gasteiger partial charge < -0.3 is 0 Å². The van der Waals surface area contributed by atoms with Gasteiger partial charge >= 0.3 is 116 Å². The van der Waals surface area contributed by atoms with Gasteiger partial charge in [0, 0.05) is 0 Å². The van der Waals surface area contributed by atoms with E-state index in [-0.39, 0.29) is 17.6 Å². The Morgan fingerprint density at radius 2 is 1.84 bits per heavy atom. The van der Waals surface area contributed by atoms with Crippen molar-refractivity contribution in [2.45, 2.75) is 12.5 Å². The maximum atomic E-state index is 12.1. The molecule has 0 bridgehead atoms. The summed E-state index contributed by atoms with van der Waals surface area (Å²) in [5.74, 6) is -1.12. The van der Waals surface area contributed by atoms with Gasteiger partial charge in [-0.1, -0.05) is 0 Å². The molecule has 0 aromatic heterocycles. The first-order valence-corrected chi connectivity index (χ1v) is 7.28. The number of hydrogen-bond donors (Lipinski definition) is 3. The molecule has 1 aromatic rings. The third-order valence-electron chi connectivity index (χ3n) is 2.17. The monoisotopic (exact) mass is 329 g/mol. The molecule has 7 heteroatoms. The number of carbonyl (C=O) groups is 3. The summed E-state index contributed by atoms with van der Waals surface area (Å²) < 4.78 is 0.663. The Kier molecular flexibility index (Phi) is 6.21. The van der Waals surface area contributed by atoms with Crippen LogP contribution in [0.1, 0.15) is 6.42 Å². The van der Waals surface area contributed by atoms with Gasteiger partial charge in [0.15, 0.2) is 0 Å². The molecule has 0 unspecified atom stereocenters. The van der Waals surface area contributed by atoms with Crippen molar-refractivity contribution in [1.29, 1.82) is 0 Å². The zero-order valence-corrected chi connectivity index (χ0v) is 11.9. The van der Waals surface area contributed by atoms with E-state index in [2.05, 4.69) is 5.32 Å². The standard InChI is InChI=1S/C12H15N3O3Se/c13-7-11(17)15-9(6-10(14)16)12(18)19-8-4-2-1-3-5-8/h1-5,9H,6-7,13H2,(H2,14,16)(H,15,17)/t9-/m0/s1. The molecular weight excluding hydrogens is 313 g/mol.